The molecule has 2 rings (SSSR count). The molecule has 2 aromatic carbocycles. The number of methoxy groups -OCH3 is 1. The van der Waals surface area contributed by atoms with Gasteiger partial charge < -0.3 is 9.53 Å². The van der Waals surface area contributed by atoms with Gasteiger partial charge in [0.25, 0.3) is 0 Å². The maximum atomic E-state index is 9.44. The summed E-state index contributed by atoms with van der Waals surface area (Å²) in [4.78, 5) is 9.44. The molecule has 0 aliphatic carbocycles. The number of ketones is 1. The number of hydrogen-bond donors (Lipinski definition) is 0. The third-order valence-electron chi connectivity index (χ3n) is 1.61. The zero-order valence-electron chi connectivity index (χ0n) is 17.2. The molecule has 0 N–H and O–H groups in total. The molecule has 0 atom stereocenters. The van der Waals surface area contributed by atoms with Crippen LogP contribution < -0.4 is 0 Å². The molecule has 2 nitrogen and oxygen atoms in total. The van der Waals surface area contributed by atoms with Crippen molar-refractivity contribution in [3.63, 3.8) is 0 Å². The monoisotopic (exact) mass is 334 g/mol. The van der Waals surface area contributed by atoms with Gasteiger partial charge in [0.05, 0.1) is 0 Å². The van der Waals surface area contributed by atoms with Crippen LogP contribution in [0.2, 0.25) is 0 Å². The van der Waals surface area contributed by atoms with Crippen LogP contribution in [0.5, 0.6) is 0 Å². The number of benzene rings is 2. The molecule has 0 saturated carbocycles. The van der Waals surface area contributed by atoms with Crippen LogP contribution >= 0.6 is 0 Å². The predicted molar refractivity (Wildman–Crippen MR) is 110 cm³/mol. The van der Waals surface area contributed by atoms with Gasteiger partial charge in [-0.05, 0) is 20.8 Å². The highest BCUT2D eigenvalue weighted by Gasteiger charge is 1.72. The van der Waals surface area contributed by atoms with E-state index in [0.717, 1.165) is 0 Å². The van der Waals surface area contributed by atoms with Crippen LogP contribution in [-0.4, -0.2) is 20.0 Å². The summed E-state index contributed by atoms with van der Waals surface area (Å²) in [5, 5.41) is 0. The number of hydrogen-bond acceptors (Lipinski definition) is 2. The number of carbonyl (C=O) groups is 1. The summed E-state index contributed by atoms with van der Waals surface area (Å²) in [5.74, 6) is 0.167. The third kappa shape index (κ3) is 50.1. The highest BCUT2D eigenvalue weighted by molar-refractivity contribution is 5.72. The average Bonchev–Trinajstić information content (AvgIpc) is 2.61. The van der Waals surface area contributed by atoms with Gasteiger partial charge in [-0.25, -0.2) is 0 Å². The van der Waals surface area contributed by atoms with Crippen LogP contribution in [0.1, 0.15) is 47.1 Å². The van der Waals surface area contributed by atoms with E-state index in [9.17, 15) is 4.79 Å². The number of rotatable bonds is 0. The molecule has 0 bridgehead atoms. The predicted octanol–water partition coefficient (Wildman–Crippen LogP) is 6.59. The lowest BCUT2D eigenvalue weighted by atomic mass is 10.2. The Labute approximate surface area is 150 Å². The Morgan fingerprint density at radius 1 is 0.667 bits per heavy atom. The molecule has 0 unspecified atom stereocenters. The first kappa shape index (κ1) is 30.0. The molecular formula is C22H38O2. The lowest BCUT2D eigenvalue weighted by Gasteiger charge is -1.82. The lowest BCUT2D eigenvalue weighted by Crippen LogP contribution is -1.69. The molecule has 0 aliphatic heterocycles. The van der Waals surface area contributed by atoms with Gasteiger partial charge in [-0.3, -0.25) is 0 Å². The largest absolute Gasteiger partial charge is 0.388 e. The van der Waals surface area contributed by atoms with Crippen LogP contribution in [0.3, 0.4) is 0 Å². The zero-order valence-corrected chi connectivity index (χ0v) is 17.2. The van der Waals surface area contributed by atoms with E-state index in [1.165, 1.54) is 19.4 Å². The summed E-state index contributed by atoms with van der Waals surface area (Å²) >= 11 is 0. The van der Waals surface area contributed by atoms with E-state index in [1.54, 1.807) is 14.2 Å². The van der Waals surface area contributed by atoms with Crippen LogP contribution in [0.4, 0.5) is 0 Å². The Balaban J connectivity index is -0.000000108. The van der Waals surface area contributed by atoms with Gasteiger partial charge in [-0.1, -0.05) is 100.0 Å². The highest BCUT2D eigenvalue weighted by Crippen LogP contribution is 1.92. The third-order valence-corrected chi connectivity index (χ3v) is 1.61. The minimum absolute atomic E-state index is 0.167. The van der Waals surface area contributed by atoms with Gasteiger partial charge in [0, 0.05) is 14.2 Å². The van der Waals surface area contributed by atoms with Gasteiger partial charge in [0.2, 0.25) is 0 Å². The maximum absolute atomic E-state index is 9.44. The average molecular weight is 335 g/mol. The molecule has 138 valence electrons. The first-order valence-corrected chi connectivity index (χ1v) is 8.43. The summed E-state index contributed by atoms with van der Waals surface area (Å²) in [7, 11) is 3.25. The molecule has 2 aromatic rings. The molecule has 0 saturated heterocycles. The van der Waals surface area contributed by atoms with Crippen LogP contribution in [-0.2, 0) is 9.53 Å². The number of carbonyl (C=O) groups excluding carboxylic acids is 1. The summed E-state index contributed by atoms with van der Waals surface area (Å²) in [5.41, 5.74) is 1.32. The first-order chi connectivity index (χ1) is 11.5. The smallest absolute Gasteiger partial charge is 0.126 e. The first-order valence-electron chi connectivity index (χ1n) is 8.43. The molecule has 0 spiro atoms. The van der Waals surface area contributed by atoms with E-state index < -0.39 is 0 Å². The molecule has 2 heteroatoms. The van der Waals surface area contributed by atoms with Crippen molar-refractivity contribution in [2.75, 3.05) is 14.2 Å². The molecular weight excluding hydrogens is 296 g/mol. The van der Waals surface area contributed by atoms with E-state index in [1.807, 2.05) is 82.3 Å². The lowest BCUT2D eigenvalue weighted by molar-refractivity contribution is -0.114. The fourth-order valence-corrected chi connectivity index (χ4v) is 0.919. The normalized spacial score (nSPS) is 6.88. The van der Waals surface area contributed by atoms with Crippen molar-refractivity contribution in [1.82, 2.24) is 0 Å². The standard InChI is InChI=1S/C7H8.C6H6.C3H6O.C2H6O.2C2H6/c1-7-5-3-2-4-6-7;1-2-4-6-5-3-1;1-3(2)4;1-3-2;2*1-2/h2-6H,1H3;1-6H;1-2H3;1-2H3;2*1-2H3. The van der Waals surface area contributed by atoms with E-state index in [0.29, 0.717) is 0 Å². The molecule has 0 aromatic heterocycles. The maximum Gasteiger partial charge on any atom is 0.126 e. The van der Waals surface area contributed by atoms with Gasteiger partial charge >= 0.3 is 0 Å². The minimum atomic E-state index is 0.167. The molecule has 0 radical (unpaired) electrons. The summed E-state index contributed by atoms with van der Waals surface area (Å²) in [6, 6.07) is 22.3. The van der Waals surface area contributed by atoms with Crippen LogP contribution in [0, 0.1) is 6.92 Å². The Morgan fingerprint density at radius 2 is 0.833 bits per heavy atom. The van der Waals surface area contributed by atoms with E-state index in [2.05, 4.69) is 23.8 Å². The van der Waals surface area contributed by atoms with Crippen molar-refractivity contribution in [2.24, 2.45) is 0 Å². The van der Waals surface area contributed by atoms with Gasteiger partial charge in [-0.2, -0.15) is 0 Å². The van der Waals surface area contributed by atoms with Gasteiger partial charge in [0.15, 0.2) is 0 Å². The fraction of sp³-hybridized carbons (Fsp3) is 0.409. The Bertz CT molecular complexity index is 366. The number of ether oxygens (including phenoxy) is 1. The molecule has 24 heavy (non-hydrogen) atoms. The van der Waals surface area contributed by atoms with Crippen LogP contribution in [0.15, 0.2) is 66.7 Å². The van der Waals surface area contributed by atoms with Crippen molar-refractivity contribution in [3.8, 4) is 0 Å². The Kier molecular flexibility index (Phi) is 41.1. The van der Waals surface area contributed by atoms with Crippen molar-refractivity contribution in [1.29, 1.82) is 0 Å². The fourth-order valence-electron chi connectivity index (χ4n) is 0.919. The van der Waals surface area contributed by atoms with E-state index in [4.69, 9.17) is 0 Å². The summed E-state index contributed by atoms with van der Waals surface area (Å²) in [6.45, 7) is 13.1. The second kappa shape index (κ2) is 32.9. The summed E-state index contributed by atoms with van der Waals surface area (Å²) in [6.07, 6.45) is 0. The Morgan fingerprint density at radius 3 is 0.958 bits per heavy atom. The Hall–Kier alpha value is -1.93. The number of aryl methyl sites for hydroxylation is 1. The molecule has 0 fully saturated rings. The van der Waals surface area contributed by atoms with Crippen molar-refractivity contribution < 1.29 is 9.53 Å². The molecule has 0 heterocycles. The SMILES string of the molecule is CC.CC.CC(C)=O.COC.Cc1ccccc1.c1ccccc1. The van der Waals surface area contributed by atoms with Crippen LogP contribution in [0.25, 0.3) is 0 Å². The number of Topliss-reactive ketones (excluding diaryl/α,β-unsaturated/α-hetero) is 1. The van der Waals surface area contributed by atoms with Crippen molar-refractivity contribution in [2.45, 2.75) is 48.5 Å². The van der Waals surface area contributed by atoms with Crippen molar-refractivity contribution in [3.05, 3.63) is 72.3 Å². The second-order valence-corrected chi connectivity index (χ2v) is 4.13. The minimum Gasteiger partial charge on any atom is -0.388 e. The molecule has 0 amide bonds. The second-order valence-electron chi connectivity index (χ2n) is 4.13. The topological polar surface area (TPSA) is 26.3 Å². The highest BCUT2D eigenvalue weighted by atomic mass is 16.4. The molecule has 0 aliphatic rings. The van der Waals surface area contributed by atoms with E-state index in [-0.39, 0.29) is 5.78 Å². The van der Waals surface area contributed by atoms with E-state index >= 15 is 0 Å². The van der Waals surface area contributed by atoms with Gasteiger partial charge in [-0.15, -0.1) is 0 Å². The zero-order chi connectivity index (χ0) is 19.6. The van der Waals surface area contributed by atoms with Crippen molar-refractivity contribution >= 4 is 5.78 Å². The quantitative estimate of drug-likeness (QED) is 0.543. The van der Waals surface area contributed by atoms with Gasteiger partial charge in [0.1, 0.15) is 5.78 Å². The summed E-state index contributed by atoms with van der Waals surface area (Å²) < 4.78 is 4.25.